The van der Waals surface area contributed by atoms with Gasteiger partial charge >= 0.3 is 0 Å². The van der Waals surface area contributed by atoms with Gasteiger partial charge in [-0.3, -0.25) is 4.79 Å². The van der Waals surface area contributed by atoms with Crippen molar-refractivity contribution in [3.8, 4) is 0 Å². The molecule has 2 atom stereocenters. The molecule has 3 rings (SSSR count). The third kappa shape index (κ3) is 2.25. The Bertz CT molecular complexity index is 621. The molecule has 20 heavy (non-hydrogen) atoms. The van der Waals surface area contributed by atoms with E-state index in [1.54, 1.807) is 0 Å². The number of nitrogens with zero attached hydrogens (tertiary/aromatic N) is 2. The third-order valence-electron chi connectivity index (χ3n) is 3.75. The van der Waals surface area contributed by atoms with E-state index in [4.69, 9.17) is 0 Å². The van der Waals surface area contributed by atoms with Crippen molar-refractivity contribution in [2.75, 3.05) is 6.54 Å². The zero-order valence-corrected chi connectivity index (χ0v) is 11.5. The minimum atomic E-state index is -3.43. The van der Waals surface area contributed by atoms with Gasteiger partial charge in [-0.15, -0.1) is 0 Å². The molecule has 1 saturated carbocycles. The van der Waals surface area contributed by atoms with Crippen LogP contribution in [-0.4, -0.2) is 42.4 Å². The predicted octanol–water partition coefficient (Wildman–Crippen LogP) is 0.340. The van der Waals surface area contributed by atoms with Crippen molar-refractivity contribution >= 4 is 15.9 Å². The van der Waals surface area contributed by atoms with Gasteiger partial charge in [-0.1, -0.05) is 11.7 Å². The van der Waals surface area contributed by atoms with Crippen molar-refractivity contribution < 1.29 is 17.7 Å². The molecule has 1 N–H and O–H groups in total. The summed E-state index contributed by atoms with van der Waals surface area (Å²) in [4.78, 5) is 11.9. The van der Waals surface area contributed by atoms with E-state index in [2.05, 4.69) is 21.6 Å². The van der Waals surface area contributed by atoms with Crippen LogP contribution in [0.3, 0.4) is 0 Å². The number of carbonyl (C=O) groups is 1. The summed E-state index contributed by atoms with van der Waals surface area (Å²) in [6, 6.07) is 1.12. The monoisotopic (exact) mass is 297 g/mol. The van der Waals surface area contributed by atoms with E-state index < -0.39 is 10.0 Å². The van der Waals surface area contributed by atoms with E-state index >= 15 is 0 Å². The number of sulfonamides is 1. The third-order valence-corrected chi connectivity index (χ3v) is 5.22. The van der Waals surface area contributed by atoms with Crippen molar-refractivity contribution in [2.45, 2.75) is 24.9 Å². The first kappa shape index (κ1) is 13.3. The molecule has 0 bridgehead atoms. The fraction of sp³-hybridized carbons (Fsp3) is 0.500. The lowest BCUT2D eigenvalue weighted by molar-refractivity contribution is 0.0758. The summed E-state index contributed by atoms with van der Waals surface area (Å²) in [5.41, 5.74) is 0.199. The molecule has 2 heterocycles. The highest BCUT2D eigenvalue weighted by Gasteiger charge is 2.52. The Morgan fingerprint density at radius 2 is 2.30 bits per heavy atom. The number of hydrogen-bond acceptors (Lipinski definition) is 5. The Labute approximate surface area is 116 Å². The van der Waals surface area contributed by atoms with Crippen LogP contribution in [0.5, 0.6) is 0 Å². The van der Waals surface area contributed by atoms with E-state index in [9.17, 15) is 13.2 Å². The van der Waals surface area contributed by atoms with Crippen molar-refractivity contribution in [1.29, 1.82) is 0 Å². The average Bonchev–Trinajstić information content (AvgIpc) is 3.05. The Hall–Kier alpha value is -1.67. The Morgan fingerprint density at radius 3 is 2.85 bits per heavy atom. The van der Waals surface area contributed by atoms with Crippen LogP contribution in [0.25, 0.3) is 0 Å². The van der Waals surface area contributed by atoms with Crippen LogP contribution in [0.1, 0.15) is 23.3 Å². The number of aromatic nitrogens is 1. The molecule has 8 heteroatoms. The standard InChI is InChI=1S/C12H15N3O4S/c1-2-20(17,18)15-7-10(11(15)8-3-4-8)13-12(16)9-5-6-19-14-9/h2,5-6,8,10-11H,1,3-4,7H2,(H,13,16). The summed E-state index contributed by atoms with van der Waals surface area (Å²) in [5, 5.41) is 7.33. The van der Waals surface area contributed by atoms with Gasteiger partial charge in [0.05, 0.1) is 6.04 Å². The van der Waals surface area contributed by atoms with Crippen molar-refractivity contribution in [3.05, 3.63) is 30.0 Å². The average molecular weight is 297 g/mol. The van der Waals surface area contributed by atoms with Gasteiger partial charge in [-0.2, -0.15) is 4.31 Å². The summed E-state index contributed by atoms with van der Waals surface area (Å²) in [6.45, 7) is 3.61. The molecule has 108 valence electrons. The molecule has 1 aliphatic carbocycles. The molecule has 1 aromatic rings. The zero-order chi connectivity index (χ0) is 14.3. The van der Waals surface area contributed by atoms with Gasteiger partial charge in [0.1, 0.15) is 6.26 Å². The van der Waals surface area contributed by atoms with Gasteiger partial charge in [0.25, 0.3) is 5.91 Å². The molecule has 0 aromatic carbocycles. The van der Waals surface area contributed by atoms with Crippen molar-refractivity contribution in [1.82, 2.24) is 14.8 Å². The van der Waals surface area contributed by atoms with E-state index in [1.807, 2.05) is 0 Å². The first-order valence-electron chi connectivity index (χ1n) is 6.38. The van der Waals surface area contributed by atoms with Gasteiger partial charge in [-0.05, 0) is 18.8 Å². The summed E-state index contributed by atoms with van der Waals surface area (Å²) in [7, 11) is -3.43. The van der Waals surface area contributed by atoms with Crippen LogP contribution >= 0.6 is 0 Å². The van der Waals surface area contributed by atoms with Crippen molar-refractivity contribution in [2.24, 2.45) is 5.92 Å². The highest BCUT2D eigenvalue weighted by atomic mass is 32.2. The smallest absolute Gasteiger partial charge is 0.273 e. The summed E-state index contributed by atoms with van der Waals surface area (Å²) in [5.74, 6) is -0.0221. The first-order chi connectivity index (χ1) is 9.53. The maximum atomic E-state index is 11.9. The molecular formula is C12H15N3O4S. The van der Waals surface area contributed by atoms with E-state index in [0.717, 1.165) is 18.2 Å². The van der Waals surface area contributed by atoms with Crippen LogP contribution in [0.2, 0.25) is 0 Å². The molecule has 0 radical (unpaired) electrons. The molecular weight excluding hydrogens is 282 g/mol. The number of amides is 1. The summed E-state index contributed by atoms with van der Waals surface area (Å²) >= 11 is 0. The van der Waals surface area contributed by atoms with Gasteiger partial charge in [0, 0.05) is 24.1 Å². The lowest BCUT2D eigenvalue weighted by atomic mass is 9.95. The minimum absolute atomic E-state index is 0.172. The molecule has 1 amide bonds. The number of rotatable bonds is 5. The molecule has 1 aromatic heterocycles. The van der Waals surface area contributed by atoms with Crippen LogP contribution in [0.15, 0.2) is 28.8 Å². The highest BCUT2D eigenvalue weighted by Crippen LogP contribution is 2.42. The fourth-order valence-corrected chi connectivity index (χ4v) is 3.78. The molecule has 2 unspecified atom stereocenters. The second kappa shape index (κ2) is 4.71. The van der Waals surface area contributed by atoms with Crippen molar-refractivity contribution in [3.63, 3.8) is 0 Å². The van der Waals surface area contributed by atoms with Crippen LogP contribution in [-0.2, 0) is 10.0 Å². The predicted molar refractivity (Wildman–Crippen MR) is 70.1 cm³/mol. The maximum Gasteiger partial charge on any atom is 0.273 e. The maximum absolute atomic E-state index is 11.9. The zero-order valence-electron chi connectivity index (χ0n) is 10.7. The van der Waals surface area contributed by atoms with Gasteiger partial charge in [0.15, 0.2) is 5.69 Å². The first-order valence-corrected chi connectivity index (χ1v) is 7.89. The van der Waals surface area contributed by atoms with E-state index in [-0.39, 0.29) is 30.2 Å². The van der Waals surface area contributed by atoms with E-state index in [1.165, 1.54) is 16.6 Å². The van der Waals surface area contributed by atoms with Crippen LogP contribution in [0.4, 0.5) is 0 Å². The van der Waals surface area contributed by atoms with Crippen LogP contribution in [0, 0.1) is 5.92 Å². The second-order valence-electron chi connectivity index (χ2n) is 5.07. The quantitative estimate of drug-likeness (QED) is 0.846. The Morgan fingerprint density at radius 1 is 1.55 bits per heavy atom. The topological polar surface area (TPSA) is 92.5 Å². The number of hydrogen-bond donors (Lipinski definition) is 1. The molecule has 7 nitrogen and oxygen atoms in total. The van der Waals surface area contributed by atoms with Gasteiger partial charge in [0.2, 0.25) is 10.0 Å². The molecule has 0 spiro atoms. The van der Waals surface area contributed by atoms with Gasteiger partial charge in [-0.25, -0.2) is 8.42 Å². The normalized spacial score (nSPS) is 26.8. The lowest BCUT2D eigenvalue weighted by Gasteiger charge is -2.46. The SMILES string of the molecule is C=CS(=O)(=O)N1CC(NC(=O)c2ccon2)C1C1CC1. The Kier molecular flexibility index (Phi) is 3.14. The number of carbonyl (C=O) groups excluding carboxylic acids is 1. The second-order valence-corrected chi connectivity index (χ2v) is 6.91. The fourth-order valence-electron chi connectivity index (χ4n) is 2.56. The highest BCUT2D eigenvalue weighted by molar-refractivity contribution is 7.92. The van der Waals surface area contributed by atoms with E-state index in [0.29, 0.717) is 5.92 Å². The Balaban J connectivity index is 1.70. The summed E-state index contributed by atoms with van der Waals surface area (Å²) in [6.07, 6.45) is 3.30. The molecule has 2 fully saturated rings. The molecule has 1 saturated heterocycles. The molecule has 1 aliphatic heterocycles. The summed E-state index contributed by atoms with van der Waals surface area (Å²) < 4.78 is 29.7. The lowest BCUT2D eigenvalue weighted by Crippen LogP contribution is -2.68. The number of nitrogens with one attached hydrogen (secondary N) is 1. The molecule has 2 aliphatic rings. The van der Waals surface area contributed by atoms with Crippen LogP contribution < -0.4 is 5.32 Å². The van der Waals surface area contributed by atoms with Gasteiger partial charge < -0.3 is 9.84 Å². The minimum Gasteiger partial charge on any atom is -0.364 e. The largest absolute Gasteiger partial charge is 0.364 e.